The minimum absolute atomic E-state index is 0.134. The largest absolute Gasteiger partial charge is 0.493 e. The molecule has 0 heterocycles. The molecule has 2 aromatic carbocycles. The van der Waals surface area contributed by atoms with E-state index in [1.54, 1.807) is 0 Å². The Labute approximate surface area is 157 Å². The van der Waals surface area contributed by atoms with Crippen LogP contribution in [0, 0.1) is 0 Å². The Kier molecular flexibility index (Phi) is 6.12. The van der Waals surface area contributed by atoms with Gasteiger partial charge in [-0.05, 0) is 36.4 Å². The SMILES string of the molecule is COc1cc(C(=O)Nc2ccc(S(=O)(=O)N(C)C)cc2)cc(Cl)c1OC. The normalized spacial score (nSPS) is 11.3. The number of hydrogen-bond acceptors (Lipinski definition) is 5. The molecule has 0 atom stereocenters. The van der Waals surface area contributed by atoms with Crippen LogP contribution in [-0.4, -0.2) is 46.9 Å². The van der Waals surface area contributed by atoms with E-state index in [1.807, 2.05) is 0 Å². The monoisotopic (exact) mass is 398 g/mol. The number of rotatable bonds is 6. The van der Waals surface area contributed by atoms with Gasteiger partial charge in [0.2, 0.25) is 10.0 Å². The van der Waals surface area contributed by atoms with E-state index in [0.29, 0.717) is 17.2 Å². The number of hydrogen-bond donors (Lipinski definition) is 1. The summed E-state index contributed by atoms with van der Waals surface area (Å²) in [6.07, 6.45) is 0. The van der Waals surface area contributed by atoms with Gasteiger partial charge in [-0.25, -0.2) is 12.7 Å². The highest BCUT2D eigenvalue weighted by atomic mass is 35.5. The topological polar surface area (TPSA) is 84.9 Å². The van der Waals surface area contributed by atoms with Crippen LogP contribution >= 0.6 is 11.6 Å². The van der Waals surface area contributed by atoms with Gasteiger partial charge in [0.05, 0.1) is 24.1 Å². The zero-order valence-corrected chi connectivity index (χ0v) is 16.3. The van der Waals surface area contributed by atoms with Crippen LogP contribution in [0.2, 0.25) is 5.02 Å². The number of halogens is 1. The number of carbonyl (C=O) groups excluding carboxylic acids is 1. The molecule has 140 valence electrons. The van der Waals surface area contributed by atoms with Crippen molar-refractivity contribution in [2.75, 3.05) is 33.6 Å². The van der Waals surface area contributed by atoms with Gasteiger partial charge in [-0.2, -0.15) is 0 Å². The molecule has 7 nitrogen and oxygen atoms in total. The van der Waals surface area contributed by atoms with Gasteiger partial charge >= 0.3 is 0 Å². The smallest absolute Gasteiger partial charge is 0.255 e. The summed E-state index contributed by atoms with van der Waals surface area (Å²) < 4.78 is 35.5. The second kappa shape index (κ2) is 7.94. The van der Waals surface area contributed by atoms with Gasteiger partial charge in [0.15, 0.2) is 11.5 Å². The predicted octanol–water partition coefficient (Wildman–Crippen LogP) is 2.86. The maximum absolute atomic E-state index is 12.4. The van der Waals surface area contributed by atoms with Crippen LogP contribution < -0.4 is 14.8 Å². The van der Waals surface area contributed by atoms with E-state index in [4.69, 9.17) is 21.1 Å². The number of ether oxygens (including phenoxy) is 2. The van der Waals surface area contributed by atoms with Gasteiger partial charge in [0.1, 0.15) is 0 Å². The van der Waals surface area contributed by atoms with Gasteiger partial charge < -0.3 is 14.8 Å². The van der Waals surface area contributed by atoms with Crippen molar-refractivity contribution in [3.63, 3.8) is 0 Å². The molecule has 0 aliphatic rings. The zero-order valence-electron chi connectivity index (χ0n) is 14.7. The standard InChI is InChI=1S/C17H19ClN2O5S/c1-20(2)26(22,23)13-7-5-12(6-8-13)19-17(21)11-9-14(18)16(25-4)15(10-11)24-3/h5-10H,1-4H3,(H,19,21). The molecule has 0 aliphatic heterocycles. The summed E-state index contributed by atoms with van der Waals surface area (Å²) >= 11 is 6.10. The highest BCUT2D eigenvalue weighted by Crippen LogP contribution is 2.36. The summed E-state index contributed by atoms with van der Waals surface area (Å²) in [4.78, 5) is 12.6. The Balaban J connectivity index is 2.24. The molecular weight excluding hydrogens is 380 g/mol. The Morgan fingerprint density at radius 2 is 1.69 bits per heavy atom. The molecule has 2 rings (SSSR count). The maximum Gasteiger partial charge on any atom is 0.255 e. The molecule has 2 aromatic rings. The molecule has 0 radical (unpaired) electrons. The fourth-order valence-electron chi connectivity index (χ4n) is 2.17. The summed E-state index contributed by atoms with van der Waals surface area (Å²) in [5.41, 5.74) is 0.719. The van der Waals surface area contributed by atoms with Crippen molar-refractivity contribution in [2.24, 2.45) is 0 Å². The van der Waals surface area contributed by atoms with E-state index in [0.717, 1.165) is 4.31 Å². The lowest BCUT2D eigenvalue weighted by molar-refractivity contribution is 0.102. The van der Waals surface area contributed by atoms with E-state index >= 15 is 0 Å². The van der Waals surface area contributed by atoms with E-state index < -0.39 is 15.9 Å². The number of methoxy groups -OCH3 is 2. The fraction of sp³-hybridized carbons (Fsp3) is 0.235. The number of benzene rings is 2. The van der Waals surface area contributed by atoms with E-state index in [2.05, 4.69) is 5.32 Å². The first-order chi connectivity index (χ1) is 12.2. The second-order valence-electron chi connectivity index (χ2n) is 5.46. The van der Waals surface area contributed by atoms with Gasteiger partial charge in [0, 0.05) is 25.3 Å². The van der Waals surface area contributed by atoms with E-state index in [1.165, 1.54) is 64.7 Å². The Bertz CT molecular complexity index is 911. The number of nitrogens with zero attached hydrogens (tertiary/aromatic N) is 1. The number of anilines is 1. The third kappa shape index (κ3) is 4.09. The van der Waals surface area contributed by atoms with E-state index in [-0.39, 0.29) is 15.5 Å². The Hall–Kier alpha value is -2.29. The molecule has 0 aliphatic carbocycles. The van der Waals surface area contributed by atoms with Crippen LogP contribution in [-0.2, 0) is 10.0 Å². The van der Waals surface area contributed by atoms with Gasteiger partial charge in [-0.15, -0.1) is 0 Å². The molecule has 0 fully saturated rings. The molecule has 0 bridgehead atoms. The highest BCUT2D eigenvalue weighted by molar-refractivity contribution is 7.89. The molecule has 26 heavy (non-hydrogen) atoms. The quantitative estimate of drug-likeness (QED) is 0.808. The molecular formula is C17H19ClN2O5S. The molecule has 0 spiro atoms. The van der Waals surface area contributed by atoms with Crippen molar-refractivity contribution in [2.45, 2.75) is 4.90 Å². The molecule has 1 amide bonds. The summed E-state index contributed by atoms with van der Waals surface area (Å²) in [6, 6.07) is 8.83. The van der Waals surface area contributed by atoms with Crippen LogP contribution in [0.15, 0.2) is 41.3 Å². The van der Waals surface area contributed by atoms with Crippen molar-refractivity contribution in [1.82, 2.24) is 4.31 Å². The second-order valence-corrected chi connectivity index (χ2v) is 8.02. The average molecular weight is 399 g/mol. The molecule has 0 unspecified atom stereocenters. The molecule has 0 saturated heterocycles. The van der Waals surface area contributed by atoms with Gasteiger partial charge in [-0.1, -0.05) is 11.6 Å². The lowest BCUT2D eigenvalue weighted by Crippen LogP contribution is -2.22. The van der Waals surface area contributed by atoms with Crippen LogP contribution in [0.3, 0.4) is 0 Å². The number of amides is 1. The van der Waals surface area contributed by atoms with Crippen molar-refractivity contribution < 1.29 is 22.7 Å². The number of carbonyl (C=O) groups is 1. The minimum atomic E-state index is -3.52. The highest BCUT2D eigenvalue weighted by Gasteiger charge is 2.18. The van der Waals surface area contributed by atoms with E-state index in [9.17, 15) is 13.2 Å². The summed E-state index contributed by atoms with van der Waals surface area (Å²) in [5, 5.41) is 2.92. The van der Waals surface area contributed by atoms with Crippen molar-refractivity contribution in [3.8, 4) is 11.5 Å². The maximum atomic E-state index is 12.4. The Morgan fingerprint density at radius 3 is 2.19 bits per heavy atom. The summed E-state index contributed by atoms with van der Waals surface area (Å²) in [5.74, 6) is 0.248. The van der Waals surface area contributed by atoms with Crippen molar-refractivity contribution in [1.29, 1.82) is 0 Å². The molecule has 9 heteroatoms. The van der Waals surface area contributed by atoms with Crippen LogP contribution in [0.1, 0.15) is 10.4 Å². The summed E-state index contributed by atoms with van der Waals surface area (Å²) in [6.45, 7) is 0. The van der Waals surface area contributed by atoms with Crippen molar-refractivity contribution in [3.05, 3.63) is 47.0 Å². The van der Waals surface area contributed by atoms with Gasteiger partial charge in [0.25, 0.3) is 5.91 Å². The molecule has 1 N–H and O–H groups in total. The predicted molar refractivity (Wildman–Crippen MR) is 99.8 cm³/mol. The van der Waals surface area contributed by atoms with Crippen LogP contribution in [0.4, 0.5) is 5.69 Å². The van der Waals surface area contributed by atoms with Crippen molar-refractivity contribution >= 4 is 33.2 Å². The molecule has 0 saturated carbocycles. The van der Waals surface area contributed by atoms with Crippen LogP contribution in [0.5, 0.6) is 11.5 Å². The third-order valence-electron chi connectivity index (χ3n) is 3.59. The summed E-state index contributed by atoms with van der Waals surface area (Å²) in [7, 11) is 2.27. The first-order valence-electron chi connectivity index (χ1n) is 7.46. The first-order valence-corrected chi connectivity index (χ1v) is 9.28. The zero-order chi connectivity index (χ0) is 19.5. The lowest BCUT2D eigenvalue weighted by atomic mass is 10.1. The minimum Gasteiger partial charge on any atom is -0.493 e. The average Bonchev–Trinajstić information content (AvgIpc) is 2.61. The van der Waals surface area contributed by atoms with Gasteiger partial charge in [-0.3, -0.25) is 4.79 Å². The first kappa shape index (κ1) is 20.0. The van der Waals surface area contributed by atoms with Crippen LogP contribution in [0.25, 0.3) is 0 Å². The third-order valence-corrected chi connectivity index (χ3v) is 5.70. The fourth-order valence-corrected chi connectivity index (χ4v) is 3.36. The Morgan fingerprint density at radius 1 is 1.08 bits per heavy atom. The number of sulfonamides is 1. The lowest BCUT2D eigenvalue weighted by Gasteiger charge is -2.13. The molecule has 0 aromatic heterocycles. The number of nitrogens with one attached hydrogen (secondary N) is 1.